The van der Waals surface area contributed by atoms with Gasteiger partial charge in [-0.3, -0.25) is 0 Å². The van der Waals surface area contributed by atoms with Gasteiger partial charge in [-0.25, -0.2) is 8.42 Å². The molecule has 116 valence electrons. The molecule has 0 amide bonds. The second-order valence-electron chi connectivity index (χ2n) is 5.65. The van der Waals surface area contributed by atoms with Crippen molar-refractivity contribution >= 4 is 31.5 Å². The van der Waals surface area contributed by atoms with Crippen LogP contribution in [0.1, 0.15) is 12.5 Å². The van der Waals surface area contributed by atoms with E-state index in [1.807, 2.05) is 12.1 Å². The van der Waals surface area contributed by atoms with Gasteiger partial charge in [-0.05, 0) is 49.2 Å². The lowest BCUT2D eigenvalue weighted by atomic mass is 10.1. The third-order valence-electron chi connectivity index (χ3n) is 4.12. The molecule has 0 N–H and O–H groups in total. The molecule has 1 aliphatic heterocycles. The Morgan fingerprint density at radius 3 is 2.55 bits per heavy atom. The van der Waals surface area contributed by atoms with Gasteiger partial charge in [-0.1, -0.05) is 34.1 Å². The summed E-state index contributed by atoms with van der Waals surface area (Å²) in [5.41, 5.74) is 2.47. The fourth-order valence-corrected chi connectivity index (χ4v) is 4.44. The first-order chi connectivity index (χ1) is 10.5. The molecule has 0 fully saturated rings. The highest BCUT2D eigenvalue weighted by atomic mass is 79.9. The number of hydrogen-bond acceptors (Lipinski definition) is 3. The Balaban J connectivity index is 1.76. The average Bonchev–Trinajstić information content (AvgIpc) is 2.81. The largest absolute Gasteiger partial charge is 0.367 e. The van der Waals surface area contributed by atoms with Crippen LogP contribution < -0.4 is 4.90 Å². The minimum Gasteiger partial charge on any atom is -0.367 e. The van der Waals surface area contributed by atoms with Gasteiger partial charge in [0.2, 0.25) is 0 Å². The Bertz CT molecular complexity index is 772. The Morgan fingerprint density at radius 1 is 1.14 bits per heavy atom. The van der Waals surface area contributed by atoms with Gasteiger partial charge in [0.25, 0.3) is 0 Å². The predicted molar refractivity (Wildman–Crippen MR) is 93.1 cm³/mol. The van der Waals surface area contributed by atoms with E-state index in [2.05, 4.69) is 39.9 Å². The maximum absolute atomic E-state index is 12.5. The van der Waals surface area contributed by atoms with Crippen LogP contribution in [0, 0.1) is 0 Å². The number of para-hydroxylation sites is 1. The monoisotopic (exact) mass is 379 g/mol. The molecular formula is C17H18BrNO2S. The highest BCUT2D eigenvalue weighted by Gasteiger charge is 2.27. The third kappa shape index (κ3) is 3.06. The molecule has 0 aromatic heterocycles. The number of anilines is 1. The van der Waals surface area contributed by atoms with Crippen molar-refractivity contribution in [2.24, 2.45) is 0 Å². The van der Waals surface area contributed by atoms with Crippen LogP contribution in [0.2, 0.25) is 0 Å². The molecule has 0 spiro atoms. The van der Waals surface area contributed by atoms with E-state index in [0.717, 1.165) is 10.9 Å². The molecular weight excluding hydrogens is 362 g/mol. The van der Waals surface area contributed by atoms with Crippen molar-refractivity contribution in [2.45, 2.75) is 24.3 Å². The maximum atomic E-state index is 12.5. The summed E-state index contributed by atoms with van der Waals surface area (Å²) in [5.74, 6) is 0.132. The number of rotatable bonds is 4. The summed E-state index contributed by atoms with van der Waals surface area (Å²) in [5, 5.41) is 0. The average molecular weight is 380 g/mol. The summed E-state index contributed by atoms with van der Waals surface area (Å²) in [6, 6.07) is 15.4. The molecule has 2 aromatic rings. The molecule has 3 nitrogen and oxygen atoms in total. The van der Waals surface area contributed by atoms with Crippen LogP contribution in [-0.4, -0.2) is 26.8 Å². The van der Waals surface area contributed by atoms with Crippen LogP contribution in [0.25, 0.3) is 0 Å². The van der Waals surface area contributed by atoms with Crippen molar-refractivity contribution in [1.82, 2.24) is 0 Å². The molecule has 0 radical (unpaired) electrons. The van der Waals surface area contributed by atoms with Crippen molar-refractivity contribution in [3.8, 4) is 0 Å². The van der Waals surface area contributed by atoms with E-state index < -0.39 is 9.84 Å². The second kappa shape index (κ2) is 6.05. The van der Waals surface area contributed by atoms with Gasteiger partial charge in [-0.15, -0.1) is 0 Å². The van der Waals surface area contributed by atoms with Gasteiger partial charge in [0, 0.05) is 22.7 Å². The Morgan fingerprint density at radius 2 is 1.82 bits per heavy atom. The molecule has 1 heterocycles. The molecule has 0 bridgehead atoms. The molecule has 2 aromatic carbocycles. The molecule has 5 heteroatoms. The summed E-state index contributed by atoms with van der Waals surface area (Å²) in [6.45, 7) is 2.67. The zero-order chi connectivity index (χ0) is 15.7. The van der Waals surface area contributed by atoms with Gasteiger partial charge in [-0.2, -0.15) is 0 Å². The summed E-state index contributed by atoms with van der Waals surface area (Å²) in [4.78, 5) is 2.59. The SMILES string of the molecule is C[C@H]1Cc2ccccc2N1CCS(=O)(=O)c1ccc(Br)cc1. The fourth-order valence-electron chi connectivity index (χ4n) is 2.95. The van der Waals surface area contributed by atoms with Crippen LogP contribution in [-0.2, 0) is 16.3 Å². The van der Waals surface area contributed by atoms with E-state index in [1.165, 1.54) is 11.3 Å². The molecule has 0 saturated heterocycles. The van der Waals surface area contributed by atoms with E-state index in [4.69, 9.17) is 0 Å². The summed E-state index contributed by atoms with van der Waals surface area (Å²) in [6.07, 6.45) is 0.981. The van der Waals surface area contributed by atoms with Crippen LogP contribution >= 0.6 is 15.9 Å². The highest BCUT2D eigenvalue weighted by Crippen LogP contribution is 2.31. The van der Waals surface area contributed by atoms with Crippen LogP contribution in [0.15, 0.2) is 57.9 Å². The van der Waals surface area contributed by atoms with Crippen molar-refractivity contribution in [3.05, 3.63) is 58.6 Å². The number of fused-ring (bicyclic) bond motifs is 1. The Kier molecular flexibility index (Phi) is 4.28. The van der Waals surface area contributed by atoms with E-state index in [1.54, 1.807) is 24.3 Å². The van der Waals surface area contributed by atoms with Gasteiger partial charge < -0.3 is 4.90 Å². The number of halogens is 1. The molecule has 1 atom stereocenters. The number of sulfone groups is 1. The molecule has 3 rings (SSSR count). The number of hydrogen-bond donors (Lipinski definition) is 0. The van der Waals surface area contributed by atoms with Gasteiger partial charge in [0.05, 0.1) is 10.6 Å². The second-order valence-corrected chi connectivity index (χ2v) is 8.67. The number of benzene rings is 2. The third-order valence-corrected chi connectivity index (χ3v) is 6.36. The van der Waals surface area contributed by atoms with E-state index in [-0.39, 0.29) is 5.75 Å². The fraction of sp³-hybridized carbons (Fsp3) is 0.294. The van der Waals surface area contributed by atoms with E-state index in [0.29, 0.717) is 17.5 Å². The zero-order valence-corrected chi connectivity index (χ0v) is 14.8. The molecule has 0 saturated carbocycles. The standard InChI is InChI=1S/C17H18BrNO2S/c1-13-12-14-4-2-3-5-17(14)19(13)10-11-22(20,21)16-8-6-15(18)7-9-16/h2-9,13H,10-12H2,1H3/t13-/m0/s1. The smallest absolute Gasteiger partial charge is 0.180 e. The lowest BCUT2D eigenvalue weighted by Crippen LogP contribution is -2.33. The summed E-state index contributed by atoms with van der Waals surface area (Å²) in [7, 11) is -3.25. The Labute approximate surface area is 140 Å². The molecule has 1 aliphatic rings. The quantitative estimate of drug-likeness (QED) is 0.812. The Hall–Kier alpha value is -1.33. The van der Waals surface area contributed by atoms with Crippen LogP contribution in [0.4, 0.5) is 5.69 Å². The first-order valence-corrected chi connectivity index (χ1v) is 9.75. The maximum Gasteiger partial charge on any atom is 0.180 e. The molecule has 0 aliphatic carbocycles. The topological polar surface area (TPSA) is 37.4 Å². The minimum absolute atomic E-state index is 0.132. The van der Waals surface area contributed by atoms with Gasteiger partial charge in [0.15, 0.2) is 9.84 Å². The first kappa shape index (κ1) is 15.6. The predicted octanol–water partition coefficient (Wildman–Crippen LogP) is 3.67. The first-order valence-electron chi connectivity index (χ1n) is 7.30. The molecule has 22 heavy (non-hydrogen) atoms. The van der Waals surface area contributed by atoms with Gasteiger partial charge in [0.1, 0.15) is 0 Å². The normalized spacial score (nSPS) is 17.5. The van der Waals surface area contributed by atoms with Crippen LogP contribution in [0.3, 0.4) is 0 Å². The van der Waals surface area contributed by atoms with Crippen molar-refractivity contribution in [3.63, 3.8) is 0 Å². The lowest BCUT2D eigenvalue weighted by molar-refractivity contribution is 0.592. The van der Waals surface area contributed by atoms with E-state index in [9.17, 15) is 8.42 Å². The lowest BCUT2D eigenvalue weighted by Gasteiger charge is -2.24. The van der Waals surface area contributed by atoms with E-state index >= 15 is 0 Å². The number of nitrogens with zero attached hydrogens (tertiary/aromatic N) is 1. The molecule has 0 unspecified atom stereocenters. The van der Waals surface area contributed by atoms with Crippen molar-refractivity contribution in [2.75, 3.05) is 17.2 Å². The summed E-state index contributed by atoms with van der Waals surface area (Å²) < 4.78 is 25.8. The zero-order valence-electron chi connectivity index (χ0n) is 12.4. The minimum atomic E-state index is -3.25. The van der Waals surface area contributed by atoms with Crippen molar-refractivity contribution < 1.29 is 8.42 Å². The van der Waals surface area contributed by atoms with Crippen molar-refractivity contribution in [1.29, 1.82) is 0 Å². The van der Waals surface area contributed by atoms with Gasteiger partial charge >= 0.3 is 0 Å². The highest BCUT2D eigenvalue weighted by molar-refractivity contribution is 9.10. The summed E-state index contributed by atoms with van der Waals surface area (Å²) >= 11 is 3.33. The van der Waals surface area contributed by atoms with Crippen LogP contribution in [0.5, 0.6) is 0 Å².